The number of halogens is 1. The predicted molar refractivity (Wildman–Crippen MR) is 80.1 cm³/mol. The van der Waals surface area contributed by atoms with Gasteiger partial charge in [0.1, 0.15) is 5.82 Å². The minimum absolute atomic E-state index is 0.0430. The minimum atomic E-state index is -0.420. The summed E-state index contributed by atoms with van der Waals surface area (Å²) in [6.07, 6.45) is 1.08. The van der Waals surface area contributed by atoms with Gasteiger partial charge in [-0.1, -0.05) is 6.07 Å². The number of benzene rings is 1. The van der Waals surface area contributed by atoms with E-state index in [1.165, 1.54) is 18.2 Å². The van der Waals surface area contributed by atoms with E-state index in [1.54, 1.807) is 29.8 Å². The van der Waals surface area contributed by atoms with Crippen LogP contribution in [0.1, 0.15) is 30.1 Å². The molecule has 22 heavy (non-hydrogen) atoms. The molecule has 2 amide bonds. The van der Waals surface area contributed by atoms with E-state index in [-0.39, 0.29) is 18.0 Å². The number of ether oxygens (including phenoxy) is 1. The summed E-state index contributed by atoms with van der Waals surface area (Å²) < 4.78 is 18.2. The Labute approximate surface area is 129 Å². The van der Waals surface area contributed by atoms with Gasteiger partial charge in [0.2, 0.25) is 0 Å². The summed E-state index contributed by atoms with van der Waals surface area (Å²) in [5.74, 6) is -0.620. The Morgan fingerprint density at radius 1 is 1.36 bits per heavy atom. The van der Waals surface area contributed by atoms with Crippen molar-refractivity contribution in [1.82, 2.24) is 9.80 Å². The third kappa shape index (κ3) is 3.75. The second-order valence-corrected chi connectivity index (χ2v) is 5.34. The zero-order chi connectivity index (χ0) is 16.1. The Bertz CT molecular complexity index is 542. The molecule has 0 N–H and O–H groups in total. The topological polar surface area (TPSA) is 49.9 Å². The number of rotatable bonds is 3. The number of likely N-dealkylation sites (tertiary alicyclic amines) is 1. The standard InChI is InChI=1S/C16H21FN2O3/c1-3-22-16(21)19-9-7-14(8-10-19)18(2)15(20)12-5-4-6-13(17)11-12/h4-6,11,14H,3,7-10H2,1-2H3. The first-order valence-electron chi connectivity index (χ1n) is 7.47. The smallest absolute Gasteiger partial charge is 0.409 e. The summed E-state index contributed by atoms with van der Waals surface area (Å²) in [4.78, 5) is 27.3. The van der Waals surface area contributed by atoms with Crippen LogP contribution < -0.4 is 0 Å². The summed E-state index contributed by atoms with van der Waals surface area (Å²) >= 11 is 0. The summed E-state index contributed by atoms with van der Waals surface area (Å²) in [6.45, 7) is 3.25. The average Bonchev–Trinajstić information content (AvgIpc) is 2.54. The number of carbonyl (C=O) groups is 2. The number of piperidine rings is 1. The lowest BCUT2D eigenvalue weighted by molar-refractivity contribution is 0.0602. The molecule has 0 atom stereocenters. The van der Waals surface area contributed by atoms with Gasteiger partial charge in [0, 0.05) is 31.7 Å². The lowest BCUT2D eigenvalue weighted by Gasteiger charge is -2.36. The molecule has 0 unspecified atom stereocenters. The lowest BCUT2D eigenvalue weighted by atomic mass is 10.0. The Morgan fingerprint density at radius 3 is 2.64 bits per heavy atom. The molecular weight excluding hydrogens is 287 g/mol. The fourth-order valence-electron chi connectivity index (χ4n) is 2.64. The van der Waals surface area contributed by atoms with Crippen LogP contribution in [0.25, 0.3) is 0 Å². The van der Waals surface area contributed by atoms with Crippen LogP contribution in [-0.2, 0) is 4.74 Å². The van der Waals surface area contributed by atoms with Crippen molar-refractivity contribution < 1.29 is 18.7 Å². The van der Waals surface area contributed by atoms with E-state index in [1.807, 2.05) is 0 Å². The Morgan fingerprint density at radius 2 is 2.05 bits per heavy atom. The second kappa shape index (κ2) is 7.24. The van der Waals surface area contributed by atoms with Crippen molar-refractivity contribution in [2.24, 2.45) is 0 Å². The maximum atomic E-state index is 13.2. The first-order valence-corrected chi connectivity index (χ1v) is 7.47. The van der Waals surface area contributed by atoms with E-state index in [4.69, 9.17) is 4.74 Å². The van der Waals surface area contributed by atoms with Gasteiger partial charge in [-0.3, -0.25) is 4.79 Å². The Hall–Kier alpha value is -2.11. The highest BCUT2D eigenvalue weighted by Gasteiger charge is 2.28. The van der Waals surface area contributed by atoms with E-state index < -0.39 is 5.82 Å². The van der Waals surface area contributed by atoms with Gasteiger partial charge in [0.05, 0.1) is 6.61 Å². The fourth-order valence-corrected chi connectivity index (χ4v) is 2.64. The predicted octanol–water partition coefficient (Wildman–Crippen LogP) is 2.52. The molecule has 1 saturated heterocycles. The maximum absolute atomic E-state index is 13.2. The zero-order valence-corrected chi connectivity index (χ0v) is 12.9. The molecule has 1 aliphatic rings. The minimum Gasteiger partial charge on any atom is -0.450 e. The van der Waals surface area contributed by atoms with Crippen LogP contribution in [0.15, 0.2) is 24.3 Å². The molecule has 1 fully saturated rings. The van der Waals surface area contributed by atoms with Crippen molar-refractivity contribution in [3.8, 4) is 0 Å². The number of carbonyl (C=O) groups excluding carboxylic acids is 2. The number of hydrogen-bond donors (Lipinski definition) is 0. The van der Waals surface area contributed by atoms with Gasteiger partial charge in [-0.15, -0.1) is 0 Å². The number of hydrogen-bond acceptors (Lipinski definition) is 3. The van der Waals surface area contributed by atoms with E-state index in [9.17, 15) is 14.0 Å². The molecule has 0 spiro atoms. The lowest BCUT2D eigenvalue weighted by Crippen LogP contribution is -2.47. The van der Waals surface area contributed by atoms with E-state index in [0.717, 1.165) is 0 Å². The fraction of sp³-hybridized carbons (Fsp3) is 0.500. The van der Waals surface area contributed by atoms with E-state index in [2.05, 4.69) is 0 Å². The summed E-state index contributed by atoms with van der Waals surface area (Å²) in [5.41, 5.74) is 0.343. The molecule has 0 aliphatic carbocycles. The molecule has 2 rings (SSSR count). The van der Waals surface area contributed by atoms with Crippen LogP contribution >= 0.6 is 0 Å². The molecule has 1 heterocycles. The molecule has 0 saturated carbocycles. The van der Waals surface area contributed by atoms with Gasteiger partial charge in [-0.2, -0.15) is 0 Å². The van der Waals surface area contributed by atoms with Gasteiger partial charge >= 0.3 is 6.09 Å². The molecule has 1 aromatic rings. The van der Waals surface area contributed by atoms with Crippen molar-refractivity contribution in [2.75, 3.05) is 26.7 Å². The molecule has 120 valence electrons. The van der Waals surface area contributed by atoms with Crippen LogP contribution in [0.3, 0.4) is 0 Å². The number of amides is 2. The summed E-state index contributed by atoms with van der Waals surface area (Å²) in [7, 11) is 1.72. The maximum Gasteiger partial charge on any atom is 0.409 e. The van der Waals surface area contributed by atoms with Crippen molar-refractivity contribution >= 4 is 12.0 Å². The van der Waals surface area contributed by atoms with Crippen LogP contribution in [0.2, 0.25) is 0 Å². The quantitative estimate of drug-likeness (QED) is 0.862. The third-order valence-electron chi connectivity index (χ3n) is 3.93. The summed E-state index contributed by atoms with van der Waals surface area (Å²) in [5, 5.41) is 0. The van der Waals surface area contributed by atoms with Gasteiger partial charge in [-0.25, -0.2) is 9.18 Å². The SMILES string of the molecule is CCOC(=O)N1CCC(N(C)C(=O)c2cccc(F)c2)CC1. The highest BCUT2D eigenvalue weighted by molar-refractivity contribution is 5.94. The Balaban J connectivity index is 1.93. The molecule has 0 aromatic heterocycles. The molecular formula is C16H21FN2O3. The van der Waals surface area contributed by atoms with Gasteiger partial charge in [0.25, 0.3) is 5.91 Å². The Kier molecular flexibility index (Phi) is 5.35. The van der Waals surface area contributed by atoms with E-state index in [0.29, 0.717) is 38.1 Å². The molecule has 1 aromatic carbocycles. The van der Waals surface area contributed by atoms with Crippen molar-refractivity contribution in [1.29, 1.82) is 0 Å². The summed E-state index contributed by atoms with van der Waals surface area (Å²) in [6, 6.07) is 5.73. The van der Waals surface area contributed by atoms with Gasteiger partial charge < -0.3 is 14.5 Å². The zero-order valence-electron chi connectivity index (χ0n) is 12.9. The number of nitrogens with zero attached hydrogens (tertiary/aromatic N) is 2. The van der Waals surface area contributed by atoms with Crippen LogP contribution in [0.5, 0.6) is 0 Å². The molecule has 0 radical (unpaired) electrons. The second-order valence-electron chi connectivity index (χ2n) is 5.34. The van der Waals surface area contributed by atoms with E-state index >= 15 is 0 Å². The monoisotopic (exact) mass is 308 g/mol. The normalized spacial score (nSPS) is 15.5. The van der Waals surface area contributed by atoms with Crippen molar-refractivity contribution in [2.45, 2.75) is 25.8 Å². The highest BCUT2D eigenvalue weighted by Crippen LogP contribution is 2.18. The third-order valence-corrected chi connectivity index (χ3v) is 3.93. The average molecular weight is 308 g/mol. The largest absolute Gasteiger partial charge is 0.450 e. The molecule has 0 bridgehead atoms. The van der Waals surface area contributed by atoms with Crippen LogP contribution in [0.4, 0.5) is 9.18 Å². The van der Waals surface area contributed by atoms with Crippen molar-refractivity contribution in [3.63, 3.8) is 0 Å². The molecule has 6 heteroatoms. The van der Waals surface area contributed by atoms with Gasteiger partial charge in [-0.05, 0) is 38.0 Å². The van der Waals surface area contributed by atoms with Crippen LogP contribution in [-0.4, -0.2) is 54.6 Å². The van der Waals surface area contributed by atoms with Crippen LogP contribution in [0, 0.1) is 5.82 Å². The first kappa shape index (κ1) is 16.3. The molecule has 5 nitrogen and oxygen atoms in total. The van der Waals surface area contributed by atoms with Gasteiger partial charge in [0.15, 0.2) is 0 Å². The molecule has 1 aliphatic heterocycles. The van der Waals surface area contributed by atoms with Crippen molar-refractivity contribution in [3.05, 3.63) is 35.6 Å². The first-order chi connectivity index (χ1) is 10.5. The highest BCUT2D eigenvalue weighted by atomic mass is 19.1.